The molecule has 0 fully saturated rings. The third-order valence-corrected chi connectivity index (χ3v) is 2.62. The first-order chi connectivity index (χ1) is 8.27. The molecule has 2 N–H and O–H groups in total. The van der Waals surface area contributed by atoms with E-state index in [0.717, 1.165) is 0 Å². The highest BCUT2D eigenvalue weighted by Gasteiger charge is 2.00. The molecular weight excluding hydrogens is 206 g/mol. The maximum atomic E-state index is 5.74. The summed E-state index contributed by atoms with van der Waals surface area (Å²) >= 11 is 0. The molecular formula is C16H17N. The van der Waals surface area contributed by atoms with E-state index in [0.29, 0.717) is 0 Å². The topological polar surface area (TPSA) is 26.0 Å². The van der Waals surface area contributed by atoms with E-state index in [1.807, 2.05) is 25.1 Å². The summed E-state index contributed by atoms with van der Waals surface area (Å²) in [5.74, 6) is 0. The van der Waals surface area contributed by atoms with Gasteiger partial charge in [-0.15, -0.1) is 0 Å². The van der Waals surface area contributed by atoms with Gasteiger partial charge in [0.2, 0.25) is 0 Å². The molecule has 17 heavy (non-hydrogen) atoms. The Morgan fingerprint density at radius 3 is 2.29 bits per heavy atom. The van der Waals surface area contributed by atoms with Crippen molar-refractivity contribution in [3.05, 3.63) is 66.2 Å². The first kappa shape index (κ1) is 11.6. The Morgan fingerprint density at radius 1 is 0.941 bits per heavy atom. The highest BCUT2D eigenvalue weighted by atomic mass is 14.6. The fourth-order valence-corrected chi connectivity index (χ4v) is 1.78. The average molecular weight is 223 g/mol. The molecule has 1 atom stereocenters. The largest absolute Gasteiger partial charge is 0.325 e. The molecule has 1 unspecified atom stereocenters. The SMILES string of the molecule is CC(N)/C=C/c1ccccc1-c1ccccc1. The van der Waals surface area contributed by atoms with Crippen LogP contribution in [-0.2, 0) is 0 Å². The molecule has 0 bridgehead atoms. The number of rotatable bonds is 3. The maximum absolute atomic E-state index is 5.74. The van der Waals surface area contributed by atoms with Crippen LogP contribution >= 0.6 is 0 Å². The van der Waals surface area contributed by atoms with Gasteiger partial charge in [-0.05, 0) is 23.6 Å². The predicted molar refractivity (Wildman–Crippen MR) is 74.6 cm³/mol. The Kier molecular flexibility index (Phi) is 3.73. The second-order valence-electron chi connectivity index (χ2n) is 4.17. The van der Waals surface area contributed by atoms with Crippen LogP contribution in [0.1, 0.15) is 12.5 Å². The fourth-order valence-electron chi connectivity index (χ4n) is 1.78. The zero-order valence-corrected chi connectivity index (χ0v) is 10.0. The van der Waals surface area contributed by atoms with E-state index in [1.54, 1.807) is 0 Å². The third-order valence-electron chi connectivity index (χ3n) is 2.62. The summed E-state index contributed by atoms with van der Waals surface area (Å²) < 4.78 is 0. The van der Waals surface area contributed by atoms with Gasteiger partial charge in [-0.3, -0.25) is 0 Å². The van der Waals surface area contributed by atoms with E-state index in [-0.39, 0.29) is 6.04 Å². The van der Waals surface area contributed by atoms with Gasteiger partial charge in [-0.2, -0.15) is 0 Å². The van der Waals surface area contributed by atoms with Crippen LogP contribution in [-0.4, -0.2) is 6.04 Å². The minimum Gasteiger partial charge on any atom is -0.325 e. The number of hydrogen-bond acceptors (Lipinski definition) is 1. The lowest BCUT2D eigenvalue weighted by molar-refractivity contribution is 0.931. The van der Waals surface area contributed by atoms with Crippen LogP contribution in [0.5, 0.6) is 0 Å². The Labute approximate surface area is 103 Å². The van der Waals surface area contributed by atoms with Crippen LogP contribution in [0.2, 0.25) is 0 Å². The van der Waals surface area contributed by atoms with E-state index in [4.69, 9.17) is 5.73 Å². The Morgan fingerprint density at radius 2 is 1.59 bits per heavy atom. The Hall–Kier alpha value is -1.86. The summed E-state index contributed by atoms with van der Waals surface area (Å²) in [5, 5.41) is 0. The molecule has 2 aromatic carbocycles. The summed E-state index contributed by atoms with van der Waals surface area (Å²) in [4.78, 5) is 0. The molecule has 2 aromatic rings. The van der Waals surface area contributed by atoms with Gasteiger partial charge in [0.15, 0.2) is 0 Å². The first-order valence-electron chi connectivity index (χ1n) is 5.85. The van der Waals surface area contributed by atoms with Gasteiger partial charge in [0.25, 0.3) is 0 Å². The quantitative estimate of drug-likeness (QED) is 0.843. The maximum Gasteiger partial charge on any atom is 0.0198 e. The van der Waals surface area contributed by atoms with Crippen LogP contribution in [0.15, 0.2) is 60.7 Å². The molecule has 0 aliphatic heterocycles. The molecule has 0 saturated carbocycles. The Balaban J connectivity index is 2.41. The van der Waals surface area contributed by atoms with Crippen LogP contribution in [0.3, 0.4) is 0 Å². The average Bonchev–Trinajstić information content (AvgIpc) is 2.38. The summed E-state index contributed by atoms with van der Waals surface area (Å²) in [6.45, 7) is 1.97. The van der Waals surface area contributed by atoms with Gasteiger partial charge in [0.1, 0.15) is 0 Å². The molecule has 0 saturated heterocycles. The summed E-state index contributed by atoms with van der Waals surface area (Å²) in [6, 6.07) is 18.8. The third kappa shape index (κ3) is 3.05. The monoisotopic (exact) mass is 223 g/mol. The van der Waals surface area contributed by atoms with Crippen LogP contribution < -0.4 is 5.73 Å². The fraction of sp³-hybridized carbons (Fsp3) is 0.125. The highest BCUT2D eigenvalue weighted by Crippen LogP contribution is 2.24. The van der Waals surface area contributed by atoms with E-state index in [2.05, 4.69) is 48.5 Å². The molecule has 0 aliphatic carbocycles. The lowest BCUT2D eigenvalue weighted by Crippen LogP contribution is -2.09. The number of hydrogen-bond donors (Lipinski definition) is 1. The second kappa shape index (κ2) is 5.46. The predicted octanol–water partition coefficient (Wildman–Crippen LogP) is 3.71. The molecule has 1 heteroatoms. The highest BCUT2D eigenvalue weighted by molar-refractivity contribution is 5.75. The van der Waals surface area contributed by atoms with Gasteiger partial charge in [-0.1, -0.05) is 66.7 Å². The second-order valence-corrected chi connectivity index (χ2v) is 4.17. The smallest absolute Gasteiger partial charge is 0.0198 e. The van der Waals surface area contributed by atoms with Crippen LogP contribution in [0, 0.1) is 0 Å². The molecule has 0 amide bonds. The van der Waals surface area contributed by atoms with Gasteiger partial charge >= 0.3 is 0 Å². The van der Waals surface area contributed by atoms with Gasteiger partial charge in [-0.25, -0.2) is 0 Å². The van der Waals surface area contributed by atoms with E-state index >= 15 is 0 Å². The van der Waals surface area contributed by atoms with Crippen molar-refractivity contribution in [3.63, 3.8) is 0 Å². The van der Waals surface area contributed by atoms with Crippen LogP contribution in [0.4, 0.5) is 0 Å². The van der Waals surface area contributed by atoms with E-state index in [1.165, 1.54) is 16.7 Å². The minimum atomic E-state index is 0.0822. The normalized spacial score (nSPS) is 12.8. The summed E-state index contributed by atoms with van der Waals surface area (Å²) in [7, 11) is 0. The summed E-state index contributed by atoms with van der Waals surface area (Å²) in [6.07, 6.45) is 4.11. The Bertz CT molecular complexity index is 498. The van der Waals surface area contributed by atoms with Gasteiger partial charge in [0.05, 0.1) is 0 Å². The van der Waals surface area contributed by atoms with E-state index in [9.17, 15) is 0 Å². The number of nitrogens with two attached hydrogens (primary N) is 1. The van der Waals surface area contributed by atoms with E-state index < -0.39 is 0 Å². The lowest BCUT2D eigenvalue weighted by atomic mass is 9.99. The minimum absolute atomic E-state index is 0.0822. The van der Waals surface area contributed by atoms with Crippen molar-refractivity contribution in [2.45, 2.75) is 13.0 Å². The molecule has 1 nitrogen and oxygen atoms in total. The van der Waals surface area contributed by atoms with Crippen LogP contribution in [0.25, 0.3) is 17.2 Å². The van der Waals surface area contributed by atoms with Crippen molar-refractivity contribution in [1.29, 1.82) is 0 Å². The molecule has 86 valence electrons. The molecule has 0 radical (unpaired) electrons. The van der Waals surface area contributed by atoms with Crippen molar-refractivity contribution in [2.75, 3.05) is 0 Å². The molecule has 0 aliphatic rings. The van der Waals surface area contributed by atoms with Crippen molar-refractivity contribution in [3.8, 4) is 11.1 Å². The zero-order valence-electron chi connectivity index (χ0n) is 10.0. The lowest BCUT2D eigenvalue weighted by Gasteiger charge is -2.06. The molecule has 2 rings (SSSR count). The van der Waals surface area contributed by atoms with Crippen molar-refractivity contribution in [2.24, 2.45) is 5.73 Å². The number of benzene rings is 2. The van der Waals surface area contributed by atoms with Gasteiger partial charge < -0.3 is 5.73 Å². The standard InChI is InChI=1S/C16H17N/c1-13(17)11-12-15-9-5-6-10-16(15)14-7-3-2-4-8-14/h2-13H,17H2,1H3/b12-11+. The van der Waals surface area contributed by atoms with Crippen molar-refractivity contribution < 1.29 is 0 Å². The molecule has 0 spiro atoms. The molecule has 0 aromatic heterocycles. The summed E-state index contributed by atoms with van der Waals surface area (Å²) in [5.41, 5.74) is 9.42. The first-order valence-corrected chi connectivity index (χ1v) is 5.85. The van der Waals surface area contributed by atoms with Gasteiger partial charge in [0, 0.05) is 6.04 Å². The van der Waals surface area contributed by atoms with Crippen molar-refractivity contribution in [1.82, 2.24) is 0 Å². The van der Waals surface area contributed by atoms with Crippen molar-refractivity contribution >= 4 is 6.08 Å². The molecule has 0 heterocycles. The zero-order chi connectivity index (χ0) is 12.1.